The third kappa shape index (κ3) is 5.31. The van der Waals surface area contributed by atoms with Gasteiger partial charge in [-0.05, 0) is 50.5 Å². The Hall–Kier alpha value is -3.77. The zero-order valence-corrected chi connectivity index (χ0v) is 25.0. The van der Waals surface area contributed by atoms with Crippen LogP contribution in [0.25, 0.3) is 0 Å². The van der Waals surface area contributed by atoms with Gasteiger partial charge in [-0.3, -0.25) is 9.79 Å². The van der Waals surface area contributed by atoms with Crippen LogP contribution in [-0.4, -0.2) is 46.9 Å². The molecule has 0 radical (unpaired) electrons. The van der Waals surface area contributed by atoms with Crippen LogP contribution < -0.4 is 5.32 Å². The van der Waals surface area contributed by atoms with E-state index in [-0.39, 0.29) is 28.9 Å². The maximum absolute atomic E-state index is 14.6. The molecule has 2 fully saturated rings. The number of esters is 2. The first-order chi connectivity index (χ1) is 20.8. The van der Waals surface area contributed by atoms with Crippen LogP contribution in [0.15, 0.2) is 52.4 Å². The number of hydrogen-bond acceptors (Lipinski definition) is 10. The first-order valence-corrected chi connectivity index (χ1v) is 15.1. The Bertz CT molecular complexity index is 1620. The zero-order valence-electron chi connectivity index (χ0n) is 23.4. The number of nitrogens with zero attached hydrogens (tertiary/aromatic N) is 4. The predicted molar refractivity (Wildman–Crippen MR) is 155 cm³/mol. The van der Waals surface area contributed by atoms with Gasteiger partial charge in [-0.15, -0.1) is 11.3 Å². The van der Waals surface area contributed by atoms with E-state index in [0.717, 1.165) is 37.3 Å². The van der Waals surface area contributed by atoms with Crippen LogP contribution in [0.2, 0.25) is 5.02 Å². The predicted octanol–water partition coefficient (Wildman–Crippen LogP) is 5.56. The first kappa shape index (κ1) is 29.3. The normalized spacial score (nSPS) is 22.8. The lowest BCUT2D eigenvalue weighted by molar-refractivity contribution is -0.143. The molecule has 0 saturated heterocycles. The minimum absolute atomic E-state index is 0.0906. The second kappa shape index (κ2) is 11.7. The highest BCUT2D eigenvalue weighted by molar-refractivity contribution is 7.11. The summed E-state index contributed by atoms with van der Waals surface area (Å²) in [6.07, 6.45) is 9.40. The molecule has 2 aromatic heterocycles. The smallest absolute Gasteiger partial charge is 0.338 e. The fraction of sp³-hybridized carbons (Fsp3) is 0.400. The van der Waals surface area contributed by atoms with E-state index in [4.69, 9.17) is 26.1 Å². The molecular formula is C30H28ClF2N5O4S. The highest BCUT2D eigenvalue weighted by Crippen LogP contribution is 2.49. The number of carbonyl (C=O) groups is 2. The average Bonchev–Trinajstić information content (AvgIpc) is 3.67. The van der Waals surface area contributed by atoms with E-state index in [1.807, 2.05) is 0 Å². The third-order valence-electron chi connectivity index (χ3n) is 8.53. The maximum atomic E-state index is 14.6. The van der Waals surface area contributed by atoms with Gasteiger partial charge in [0.25, 0.3) is 0 Å². The average molecular weight is 628 g/mol. The van der Waals surface area contributed by atoms with Crippen LogP contribution in [-0.2, 0) is 24.5 Å². The number of methoxy groups -OCH3 is 2. The minimum atomic E-state index is -1.21. The molecule has 0 spiro atoms. The second-order valence-corrected chi connectivity index (χ2v) is 12.2. The Morgan fingerprint density at radius 1 is 1.02 bits per heavy atom. The Balaban J connectivity index is 1.30. The number of benzene rings is 1. The van der Waals surface area contributed by atoms with Crippen LogP contribution in [0.1, 0.15) is 72.4 Å². The number of hydrogen-bond donors (Lipinski definition) is 1. The van der Waals surface area contributed by atoms with Crippen LogP contribution >= 0.6 is 22.9 Å². The number of rotatable bonds is 7. The van der Waals surface area contributed by atoms with E-state index in [1.165, 1.54) is 31.6 Å². The number of thiazole rings is 1. The van der Waals surface area contributed by atoms with E-state index in [0.29, 0.717) is 35.2 Å². The monoisotopic (exact) mass is 627 g/mol. The summed E-state index contributed by atoms with van der Waals surface area (Å²) in [5.74, 6) is -2.11. The molecule has 6 rings (SSSR count). The van der Waals surface area contributed by atoms with E-state index in [1.54, 1.807) is 24.0 Å². The molecule has 2 saturated carbocycles. The van der Waals surface area contributed by atoms with Gasteiger partial charge in [0, 0.05) is 46.7 Å². The van der Waals surface area contributed by atoms with Crippen LogP contribution in [0.3, 0.4) is 0 Å². The van der Waals surface area contributed by atoms with Crippen molar-refractivity contribution in [2.75, 3.05) is 14.2 Å². The molecule has 0 amide bonds. The summed E-state index contributed by atoms with van der Waals surface area (Å²) in [6.45, 7) is 0. The van der Waals surface area contributed by atoms with Crippen molar-refractivity contribution < 1.29 is 27.8 Å². The van der Waals surface area contributed by atoms with Crippen LogP contribution in [0.5, 0.6) is 0 Å². The Morgan fingerprint density at radius 2 is 1.72 bits per heavy atom. The minimum Gasteiger partial charge on any atom is -0.468 e. The first-order valence-electron chi connectivity index (χ1n) is 13.9. The molecule has 1 atom stereocenters. The maximum Gasteiger partial charge on any atom is 0.338 e. The summed E-state index contributed by atoms with van der Waals surface area (Å²) in [6, 6.07) is 1.27. The third-order valence-corrected chi connectivity index (χ3v) is 9.69. The van der Waals surface area contributed by atoms with Crippen molar-refractivity contribution in [2.24, 2.45) is 10.9 Å². The van der Waals surface area contributed by atoms with Crippen LogP contribution in [0, 0.1) is 17.6 Å². The van der Waals surface area contributed by atoms with Gasteiger partial charge in [0.15, 0.2) is 22.5 Å². The largest absolute Gasteiger partial charge is 0.468 e. The molecule has 224 valence electrons. The van der Waals surface area contributed by atoms with E-state index in [2.05, 4.69) is 20.3 Å². The van der Waals surface area contributed by atoms with Crippen molar-refractivity contribution in [3.63, 3.8) is 0 Å². The van der Waals surface area contributed by atoms with Gasteiger partial charge in [-0.1, -0.05) is 17.7 Å². The van der Waals surface area contributed by atoms with Crippen molar-refractivity contribution in [3.05, 3.63) is 86.0 Å². The van der Waals surface area contributed by atoms with Crippen molar-refractivity contribution in [2.45, 2.75) is 55.9 Å². The van der Waals surface area contributed by atoms with Crippen molar-refractivity contribution in [3.8, 4) is 0 Å². The van der Waals surface area contributed by atoms with E-state index >= 15 is 0 Å². The molecule has 1 N–H and O–H groups in total. The molecule has 1 aromatic carbocycles. The van der Waals surface area contributed by atoms with E-state index < -0.39 is 34.1 Å². The molecular weight excluding hydrogens is 600 g/mol. The quantitative estimate of drug-likeness (QED) is 0.267. The summed E-state index contributed by atoms with van der Waals surface area (Å²) in [7, 11) is 2.65. The summed E-state index contributed by atoms with van der Waals surface area (Å²) in [4.78, 5) is 43.8. The Morgan fingerprint density at radius 3 is 2.33 bits per heavy atom. The van der Waals surface area contributed by atoms with Gasteiger partial charge in [-0.2, -0.15) is 0 Å². The molecule has 1 unspecified atom stereocenters. The number of amidine groups is 1. The number of allylic oxidation sites excluding steroid dienone is 1. The molecule has 3 heterocycles. The standard InChI is InChI=1S/C30H28ClF2N5O4S/c1-41-28(39)20-23(37-26(27-34-11-12-43-27)38-24(20)18-7-8-19(32)22(33)21(18)31)15-3-5-16(6-4-15)25-35-13-17(14-36-25)30(9-10-30)29(40)42-2/h7-8,11-16,24H,3-6,9-10H2,1-2H3,(H,37,38)/t15-,16-,24?. The molecule has 3 aliphatic rings. The summed E-state index contributed by atoms with van der Waals surface area (Å²) in [5, 5.41) is 5.26. The fourth-order valence-electron chi connectivity index (χ4n) is 6.02. The van der Waals surface area contributed by atoms with Crippen molar-refractivity contribution in [1.82, 2.24) is 20.3 Å². The molecule has 2 aliphatic carbocycles. The summed E-state index contributed by atoms with van der Waals surface area (Å²) < 4.78 is 38.7. The lowest BCUT2D eigenvalue weighted by Gasteiger charge is -2.34. The summed E-state index contributed by atoms with van der Waals surface area (Å²) in [5.41, 5.74) is 1.08. The fourth-order valence-corrected chi connectivity index (χ4v) is 6.86. The van der Waals surface area contributed by atoms with Gasteiger partial charge in [0.1, 0.15) is 11.9 Å². The van der Waals surface area contributed by atoms with Gasteiger partial charge in [-0.25, -0.2) is 28.5 Å². The van der Waals surface area contributed by atoms with Crippen molar-refractivity contribution >= 4 is 40.7 Å². The molecule has 1 aliphatic heterocycles. The van der Waals surface area contributed by atoms with Gasteiger partial charge in [0.05, 0.1) is 30.2 Å². The van der Waals surface area contributed by atoms with Crippen LogP contribution in [0.4, 0.5) is 8.78 Å². The topological polar surface area (TPSA) is 116 Å². The van der Waals surface area contributed by atoms with Crippen molar-refractivity contribution in [1.29, 1.82) is 0 Å². The van der Waals surface area contributed by atoms with E-state index in [9.17, 15) is 18.4 Å². The molecule has 43 heavy (non-hydrogen) atoms. The number of aromatic nitrogens is 3. The number of aliphatic imine (C=N–C) groups is 1. The van der Waals surface area contributed by atoms with Gasteiger partial charge >= 0.3 is 11.9 Å². The number of carbonyl (C=O) groups excluding carboxylic acids is 2. The molecule has 0 bridgehead atoms. The Kier molecular flexibility index (Phi) is 7.99. The number of halogens is 3. The molecule has 3 aromatic rings. The highest BCUT2D eigenvalue weighted by atomic mass is 35.5. The molecule has 13 heteroatoms. The second-order valence-electron chi connectivity index (χ2n) is 10.9. The SMILES string of the molecule is COC(=O)C1=C([C@H]2CC[C@H](c3ncc(C4(C(=O)OC)CC4)cn3)CC2)NC(c2nccs2)=NC1c1ccc(F)c(F)c1Cl. The molecule has 9 nitrogen and oxygen atoms in total. The highest BCUT2D eigenvalue weighted by Gasteiger charge is 2.53. The van der Waals surface area contributed by atoms with Gasteiger partial charge in [0.2, 0.25) is 0 Å². The Labute approximate surface area is 255 Å². The zero-order chi connectivity index (χ0) is 30.3. The van der Waals surface area contributed by atoms with Gasteiger partial charge < -0.3 is 14.8 Å². The lowest BCUT2D eigenvalue weighted by atomic mass is 9.77. The lowest BCUT2D eigenvalue weighted by Crippen LogP contribution is -2.37. The summed E-state index contributed by atoms with van der Waals surface area (Å²) >= 11 is 7.63. The number of nitrogens with one attached hydrogen (secondary N) is 1. The number of ether oxygens (including phenoxy) is 2.